The van der Waals surface area contributed by atoms with Crippen LogP contribution < -0.4 is 14.5 Å². The van der Waals surface area contributed by atoms with Crippen molar-refractivity contribution in [3.05, 3.63) is 222 Å². The van der Waals surface area contributed by atoms with Crippen molar-refractivity contribution >= 4 is 44.6 Å². The van der Waals surface area contributed by atoms with Crippen molar-refractivity contribution in [3.63, 3.8) is 0 Å². The van der Waals surface area contributed by atoms with E-state index in [2.05, 4.69) is 12.1 Å². The monoisotopic (exact) mass is 1260 g/mol. The first kappa shape index (κ1) is 30.0. The predicted molar refractivity (Wildman–Crippen MR) is 332 cm³/mol. The van der Waals surface area contributed by atoms with Gasteiger partial charge in [0.15, 0.2) is 0 Å². The number of hydrogen-bond acceptors (Lipinski definition) is 4. The van der Waals surface area contributed by atoms with Gasteiger partial charge in [0.05, 0.1) is 17.8 Å². The number of nitrogens with zero attached hydrogens (tertiary/aromatic N) is 4. The smallest absolute Gasteiger partial charge is 0.135 e. The molecule has 10 aromatic rings. The minimum atomic E-state index is -4.39. The van der Waals surface area contributed by atoms with Crippen molar-refractivity contribution in [3.8, 4) is 50.7 Å². The summed E-state index contributed by atoms with van der Waals surface area (Å²) in [4.78, 5) is 8.06. The molecule has 0 atom stereocenters. The summed E-state index contributed by atoms with van der Waals surface area (Å²) in [6, 6.07) is 22.9. The quantitative estimate of drug-likeness (QED) is 0.142. The molecule has 1 aliphatic heterocycles. The van der Waals surface area contributed by atoms with Crippen LogP contribution >= 0.6 is 0 Å². The molecule has 2 aromatic heterocycles. The van der Waals surface area contributed by atoms with Crippen LogP contribution in [0.3, 0.4) is 0 Å². The first-order chi connectivity index (χ1) is 49.5. The maximum atomic E-state index is 9.89. The number of aromatic nitrogens is 2. The Morgan fingerprint density at radius 3 is 1.90 bits per heavy atom. The molecular formula is C74H73N4OPt-3. The zero-order valence-electron chi connectivity index (χ0n) is 74.3. The zero-order valence-corrected chi connectivity index (χ0v) is 47.6. The van der Waals surface area contributed by atoms with E-state index >= 15 is 0 Å². The number of ether oxygens (including phenoxy) is 1. The molecule has 2 aliphatic rings. The van der Waals surface area contributed by atoms with Gasteiger partial charge >= 0.3 is 0 Å². The van der Waals surface area contributed by atoms with Crippen LogP contribution in [0.4, 0.5) is 22.7 Å². The molecule has 0 N–H and O–H groups in total. The van der Waals surface area contributed by atoms with Crippen molar-refractivity contribution in [1.29, 1.82) is 0 Å². The summed E-state index contributed by atoms with van der Waals surface area (Å²) in [6.07, 6.45) is -7.35. The van der Waals surface area contributed by atoms with Gasteiger partial charge in [0.1, 0.15) is 5.82 Å². The molecule has 0 radical (unpaired) electrons. The van der Waals surface area contributed by atoms with E-state index < -0.39 is 151 Å². The van der Waals surface area contributed by atoms with E-state index in [4.69, 9.17) is 35.8 Å². The van der Waals surface area contributed by atoms with Gasteiger partial charge in [-0.3, -0.25) is 0 Å². The Morgan fingerprint density at radius 1 is 0.575 bits per heavy atom. The van der Waals surface area contributed by atoms with Crippen LogP contribution in [0, 0.1) is 18.8 Å². The molecule has 0 unspecified atom stereocenters. The molecule has 80 heavy (non-hydrogen) atoms. The van der Waals surface area contributed by atoms with E-state index in [1.54, 1.807) is 104 Å². The Hall–Kier alpha value is -7.20. The molecule has 0 fully saturated rings. The summed E-state index contributed by atoms with van der Waals surface area (Å²) < 4.78 is 272. The number of para-hydroxylation sites is 3. The van der Waals surface area contributed by atoms with E-state index in [-0.39, 0.29) is 111 Å². The summed E-state index contributed by atoms with van der Waals surface area (Å²) >= 11 is 0. The number of rotatable bonds is 8. The van der Waals surface area contributed by atoms with E-state index in [9.17, 15) is 13.7 Å². The van der Waals surface area contributed by atoms with Gasteiger partial charge in [-0.1, -0.05) is 198 Å². The van der Waals surface area contributed by atoms with Crippen LogP contribution in [0.5, 0.6) is 11.5 Å². The third kappa shape index (κ3) is 9.88. The normalized spacial score (nSPS) is 22.1. The molecular weight excluding hydrogens is 1160 g/mol. The second-order valence-corrected chi connectivity index (χ2v) is 23.0. The maximum Gasteiger partial charge on any atom is 0.135 e. The molecule has 0 bridgehead atoms. The number of hydrogen-bond donors (Lipinski definition) is 0. The van der Waals surface area contributed by atoms with Gasteiger partial charge in [0.25, 0.3) is 0 Å². The van der Waals surface area contributed by atoms with Gasteiger partial charge < -0.3 is 19.1 Å². The van der Waals surface area contributed by atoms with Crippen LogP contribution in [-0.4, -0.2) is 9.55 Å². The summed E-state index contributed by atoms with van der Waals surface area (Å²) in [6.45, 7) is 1.40. The van der Waals surface area contributed by atoms with Gasteiger partial charge in [-0.2, -0.15) is 12.1 Å². The van der Waals surface area contributed by atoms with E-state index in [0.717, 1.165) is 18.2 Å². The van der Waals surface area contributed by atoms with Gasteiger partial charge in [0.2, 0.25) is 0 Å². The SMILES string of the molecule is [2H]c1c([2H])c([2H])c(-c2cnc(-n3c4[c-]c(Oc5[c-]c(N6[CH-]N(c7c(-c8ccc9c(c8)C(C([2H])([2H])[2H])(C([2H])([2H])[2H])C([2H])([2H])C([2H])([2H])C9(C([2H])([2H])[2H])C([2H])([2H])[2H])cc(C(C)(C)C)cc7-c7c([2H])c([2H])c(C(C)(C)C)c([2H])c7[2H])c7ccccc76)ccc5)ccc4c4c([2H])c([2H])c([2H])c([2H])c43)cc2C(C)(C)C)c([2H])c1[2H].[Pt]. The van der Waals surface area contributed by atoms with Crippen LogP contribution in [0.1, 0.15) is 170 Å². The Balaban J connectivity index is 0.0000118. The van der Waals surface area contributed by atoms with E-state index in [1.165, 1.54) is 16.8 Å². The van der Waals surface area contributed by atoms with Crippen molar-refractivity contribution < 1.29 is 65.6 Å². The fraction of sp³-hybridized carbons (Fsp3) is 0.270. The van der Waals surface area contributed by atoms with Crippen molar-refractivity contribution in [2.75, 3.05) is 9.80 Å². The molecule has 0 saturated carbocycles. The maximum absolute atomic E-state index is 9.89. The number of anilines is 4. The fourth-order valence-electron chi connectivity index (χ4n) is 10.1. The number of fused-ring (bicyclic) bond motifs is 5. The third-order valence-corrected chi connectivity index (χ3v) is 14.3. The molecule has 3 heterocycles. The summed E-state index contributed by atoms with van der Waals surface area (Å²) in [5.74, 6) is 0.201. The molecule has 8 aromatic carbocycles. The van der Waals surface area contributed by atoms with Gasteiger partial charge in [0, 0.05) is 100.0 Å². The predicted octanol–water partition coefficient (Wildman–Crippen LogP) is 20.2. The fourth-order valence-corrected chi connectivity index (χ4v) is 10.1. The number of benzene rings is 8. The van der Waals surface area contributed by atoms with Gasteiger partial charge in [-0.25, -0.2) is 4.98 Å². The summed E-state index contributed by atoms with van der Waals surface area (Å²) in [7, 11) is 0. The third-order valence-electron chi connectivity index (χ3n) is 14.3. The summed E-state index contributed by atoms with van der Waals surface area (Å²) in [5, 5.41) is 0.411. The minimum absolute atomic E-state index is 0. The molecule has 1 aliphatic carbocycles. The standard InChI is InChI=1S/C74H73N4O.Pt/c1-70(2,3)51-33-30-49(31-34-51)58-41-52(71(4,5)6)42-59(50-32-37-61-63(40-50)74(12,13)39-38-73(61,10)11)69(58)77-47-76(65-28-19-20-29-66(65)77)53-24-21-25-54(43-53)79-55-35-36-57-56-26-17-18-27-64(56)78(67(57)44-55)68-45-62(72(7,8)9)60(46-75-68)48-22-15-14-16-23-48;/h14-37,40-42,45-47H,38-39H2,1-13H3;/q-3;/i10D3,11D3,12D3,13D3,14D,15D,16D,17D,18D,22D,23D,26D,27D,30D,31D,33D,34D,38D2,39D2;. The minimum Gasteiger partial charge on any atom is -0.509 e. The van der Waals surface area contributed by atoms with Crippen LogP contribution in [0.25, 0.3) is 61.0 Å². The molecule has 0 amide bonds. The molecule has 6 heteroatoms. The van der Waals surface area contributed by atoms with E-state index in [1.807, 2.05) is 41.5 Å². The molecule has 12 rings (SSSR count). The van der Waals surface area contributed by atoms with Gasteiger partial charge in [-0.05, 0) is 126 Å². The molecule has 408 valence electrons. The Labute approximate surface area is 530 Å². The largest absolute Gasteiger partial charge is 0.509 e. The molecule has 0 saturated heterocycles. The second kappa shape index (κ2) is 20.1. The second-order valence-electron chi connectivity index (χ2n) is 23.0. The average molecular weight is 1260 g/mol. The molecule has 5 nitrogen and oxygen atoms in total. The van der Waals surface area contributed by atoms with Crippen LogP contribution in [-0.2, 0) is 48.1 Å². The average Bonchev–Trinajstić information content (AvgIpc) is 1.32. The Morgan fingerprint density at radius 2 is 1.21 bits per heavy atom. The molecule has 0 spiro atoms. The van der Waals surface area contributed by atoms with E-state index in [0.29, 0.717) is 27.9 Å². The van der Waals surface area contributed by atoms with Crippen molar-refractivity contribution in [2.45, 2.75) is 130 Å². The van der Waals surface area contributed by atoms with Crippen molar-refractivity contribution in [2.24, 2.45) is 0 Å². The van der Waals surface area contributed by atoms with Crippen LogP contribution in [0.2, 0.25) is 0 Å². The topological polar surface area (TPSA) is 33.5 Å². The van der Waals surface area contributed by atoms with Crippen molar-refractivity contribution in [1.82, 2.24) is 9.55 Å². The first-order valence-corrected chi connectivity index (χ1v) is 25.7. The number of pyridine rings is 1. The zero-order chi connectivity index (χ0) is 80.3. The Kier molecular flexibility index (Phi) is 7.54. The summed E-state index contributed by atoms with van der Waals surface area (Å²) in [5.41, 5.74) is -11.2. The first-order valence-electron chi connectivity index (χ1n) is 40.2. The van der Waals surface area contributed by atoms with Gasteiger partial charge in [-0.15, -0.1) is 48.1 Å². The Bertz CT molecular complexity index is 5360. The van der Waals surface area contributed by atoms with Crippen LogP contribution in [0.15, 0.2) is 176 Å².